The second-order valence-electron chi connectivity index (χ2n) is 5.35. The number of benzene rings is 2. The number of rotatable bonds is 4. The lowest BCUT2D eigenvalue weighted by Gasteiger charge is -2.12. The molecule has 0 saturated heterocycles. The van der Waals surface area contributed by atoms with Gasteiger partial charge in [-0.1, -0.05) is 18.2 Å². The third kappa shape index (κ3) is 3.36. The van der Waals surface area contributed by atoms with Gasteiger partial charge in [0.2, 0.25) is 0 Å². The molecule has 0 saturated carbocycles. The molecule has 3 N–H and O–H groups in total. The fraction of sp³-hybridized carbons (Fsp3) is 0.111. The Hall–Kier alpha value is -3.00. The summed E-state index contributed by atoms with van der Waals surface area (Å²) in [5.74, 6) is -0.0379. The molecule has 0 fully saturated rings. The average Bonchev–Trinajstić information content (AvgIpc) is 3.10. The highest BCUT2D eigenvalue weighted by Crippen LogP contribution is 2.35. The molecular weight excluding hydrogens is 402 g/mol. The van der Waals surface area contributed by atoms with Crippen molar-refractivity contribution >= 4 is 38.6 Å². The Labute approximate surface area is 157 Å². The van der Waals surface area contributed by atoms with Gasteiger partial charge in [0.25, 0.3) is 11.8 Å². The van der Waals surface area contributed by atoms with Gasteiger partial charge in [0.1, 0.15) is 16.0 Å². The lowest BCUT2D eigenvalue weighted by molar-refractivity contribution is 0.0847. The normalized spacial score (nSPS) is 10.4. The number of aromatic nitrogens is 1. The van der Waals surface area contributed by atoms with Crippen LogP contribution in [0.25, 0.3) is 10.9 Å². The zero-order valence-electron chi connectivity index (χ0n) is 14.1. The van der Waals surface area contributed by atoms with Crippen molar-refractivity contribution in [3.63, 3.8) is 0 Å². The van der Waals surface area contributed by atoms with Crippen LogP contribution in [0.3, 0.4) is 0 Å². The van der Waals surface area contributed by atoms with Crippen LogP contribution in [0.2, 0.25) is 0 Å². The van der Waals surface area contributed by atoms with E-state index in [0.717, 1.165) is 10.9 Å². The van der Waals surface area contributed by atoms with Crippen LogP contribution in [-0.2, 0) is 0 Å². The molecule has 134 valence electrons. The monoisotopic (exact) mass is 417 g/mol. The summed E-state index contributed by atoms with van der Waals surface area (Å²) >= 11 is 3.34. The molecule has 0 aliphatic heterocycles. The summed E-state index contributed by atoms with van der Waals surface area (Å²) in [6.45, 7) is 0. The number of halogens is 1. The third-order valence-electron chi connectivity index (χ3n) is 3.83. The molecule has 0 unspecified atom stereocenters. The van der Waals surface area contributed by atoms with E-state index in [0.29, 0.717) is 21.5 Å². The quantitative estimate of drug-likeness (QED) is 0.568. The van der Waals surface area contributed by atoms with E-state index in [-0.39, 0.29) is 5.56 Å². The summed E-state index contributed by atoms with van der Waals surface area (Å²) in [4.78, 5) is 27.7. The van der Waals surface area contributed by atoms with E-state index in [9.17, 15) is 9.59 Å². The van der Waals surface area contributed by atoms with Gasteiger partial charge in [-0.2, -0.15) is 0 Å². The Bertz CT molecular complexity index is 958. The Balaban J connectivity index is 1.75. The molecule has 0 bridgehead atoms. The van der Waals surface area contributed by atoms with Crippen LogP contribution in [-0.4, -0.2) is 31.0 Å². The zero-order valence-corrected chi connectivity index (χ0v) is 15.6. The number of H-pyrrole nitrogens is 1. The van der Waals surface area contributed by atoms with Gasteiger partial charge in [-0.05, 0) is 34.1 Å². The van der Waals surface area contributed by atoms with Gasteiger partial charge in [-0.25, -0.2) is 0 Å². The summed E-state index contributed by atoms with van der Waals surface area (Å²) in [6.07, 6.45) is 1.60. The number of fused-ring (bicyclic) bond motifs is 1. The molecule has 7 nitrogen and oxygen atoms in total. The minimum Gasteiger partial charge on any atom is -0.495 e. The molecule has 8 heteroatoms. The molecule has 26 heavy (non-hydrogen) atoms. The van der Waals surface area contributed by atoms with Crippen LogP contribution >= 0.6 is 15.9 Å². The Morgan fingerprint density at radius 1 is 1.00 bits per heavy atom. The standard InChI is InChI=1S/C18H16BrN3O4/c1-25-14-7-10(8-15(26-2)16(14)19)17(23)21-22-18(24)12-9-20-13-6-4-3-5-11(12)13/h3-9,20H,1-2H3,(H,21,23)(H,22,24). The third-order valence-corrected chi connectivity index (χ3v) is 4.61. The number of para-hydroxylation sites is 1. The van der Waals surface area contributed by atoms with E-state index in [1.165, 1.54) is 14.2 Å². The highest BCUT2D eigenvalue weighted by molar-refractivity contribution is 9.10. The van der Waals surface area contributed by atoms with Gasteiger partial charge in [0.05, 0.1) is 19.8 Å². The van der Waals surface area contributed by atoms with Crippen LogP contribution < -0.4 is 20.3 Å². The lowest BCUT2D eigenvalue weighted by Crippen LogP contribution is -2.41. The van der Waals surface area contributed by atoms with E-state index in [2.05, 4.69) is 31.8 Å². The molecule has 1 aromatic heterocycles. The number of ether oxygens (including phenoxy) is 2. The lowest BCUT2D eigenvalue weighted by atomic mass is 10.1. The van der Waals surface area contributed by atoms with Crippen molar-refractivity contribution in [3.05, 3.63) is 58.2 Å². The molecule has 0 radical (unpaired) electrons. The first-order valence-corrected chi connectivity index (χ1v) is 8.42. The van der Waals surface area contributed by atoms with Crippen molar-refractivity contribution in [2.75, 3.05) is 14.2 Å². The maximum Gasteiger partial charge on any atom is 0.271 e. The first-order chi connectivity index (χ1) is 12.5. The smallest absolute Gasteiger partial charge is 0.271 e. The van der Waals surface area contributed by atoms with E-state index >= 15 is 0 Å². The van der Waals surface area contributed by atoms with Crippen molar-refractivity contribution in [3.8, 4) is 11.5 Å². The van der Waals surface area contributed by atoms with Crippen molar-refractivity contribution in [1.82, 2.24) is 15.8 Å². The molecule has 0 aliphatic carbocycles. The maximum atomic E-state index is 12.4. The first-order valence-electron chi connectivity index (χ1n) is 7.63. The van der Waals surface area contributed by atoms with Gasteiger partial charge in [0.15, 0.2) is 0 Å². The van der Waals surface area contributed by atoms with Gasteiger partial charge in [-0.15, -0.1) is 0 Å². The van der Waals surface area contributed by atoms with Crippen LogP contribution in [0.5, 0.6) is 11.5 Å². The van der Waals surface area contributed by atoms with Crippen molar-refractivity contribution in [2.24, 2.45) is 0 Å². The number of hydrogen-bond acceptors (Lipinski definition) is 4. The molecule has 3 aromatic rings. The molecule has 0 spiro atoms. The minimum atomic E-state index is -0.498. The van der Waals surface area contributed by atoms with Crippen molar-refractivity contribution in [2.45, 2.75) is 0 Å². The van der Waals surface area contributed by atoms with Gasteiger partial charge >= 0.3 is 0 Å². The predicted molar refractivity (Wildman–Crippen MR) is 100 cm³/mol. The maximum absolute atomic E-state index is 12.4. The molecule has 2 amide bonds. The van der Waals surface area contributed by atoms with Crippen LogP contribution in [0, 0.1) is 0 Å². The number of amides is 2. The molecule has 2 aromatic carbocycles. The second-order valence-corrected chi connectivity index (χ2v) is 6.14. The van der Waals surface area contributed by atoms with Gasteiger partial charge in [-0.3, -0.25) is 20.4 Å². The SMILES string of the molecule is COc1cc(C(=O)NNC(=O)c2c[nH]c3ccccc23)cc(OC)c1Br. The topological polar surface area (TPSA) is 92.5 Å². The number of hydrazine groups is 1. The molecule has 1 heterocycles. The number of carbonyl (C=O) groups is 2. The van der Waals surface area contributed by atoms with Crippen LogP contribution in [0.15, 0.2) is 47.1 Å². The zero-order chi connectivity index (χ0) is 18.7. The van der Waals surface area contributed by atoms with Crippen LogP contribution in [0.4, 0.5) is 0 Å². The van der Waals surface area contributed by atoms with E-state index in [1.54, 1.807) is 18.3 Å². The van der Waals surface area contributed by atoms with Crippen LogP contribution in [0.1, 0.15) is 20.7 Å². The Morgan fingerprint density at radius 3 is 2.27 bits per heavy atom. The fourth-order valence-electron chi connectivity index (χ4n) is 2.51. The number of nitrogens with one attached hydrogen (secondary N) is 3. The molecule has 3 rings (SSSR count). The molecule has 0 atom stereocenters. The Kier molecular flexibility index (Phi) is 5.13. The summed E-state index contributed by atoms with van der Waals surface area (Å²) in [7, 11) is 2.97. The highest BCUT2D eigenvalue weighted by atomic mass is 79.9. The summed E-state index contributed by atoms with van der Waals surface area (Å²) in [6, 6.07) is 10.5. The summed E-state index contributed by atoms with van der Waals surface area (Å²) < 4.78 is 11.0. The number of carbonyl (C=O) groups excluding carboxylic acids is 2. The molecule has 0 aliphatic rings. The minimum absolute atomic E-state index is 0.279. The van der Waals surface area contributed by atoms with Gasteiger partial charge in [0, 0.05) is 22.7 Å². The summed E-state index contributed by atoms with van der Waals surface area (Å²) in [5, 5.41) is 0.770. The van der Waals surface area contributed by atoms with Crippen molar-refractivity contribution in [1.29, 1.82) is 0 Å². The average molecular weight is 418 g/mol. The molecular formula is C18H16BrN3O4. The number of hydrogen-bond donors (Lipinski definition) is 3. The largest absolute Gasteiger partial charge is 0.495 e. The Morgan fingerprint density at radius 2 is 1.62 bits per heavy atom. The van der Waals surface area contributed by atoms with E-state index in [4.69, 9.17) is 9.47 Å². The van der Waals surface area contributed by atoms with Crippen molar-refractivity contribution < 1.29 is 19.1 Å². The van der Waals surface area contributed by atoms with E-state index in [1.807, 2.05) is 24.3 Å². The number of methoxy groups -OCH3 is 2. The number of aromatic amines is 1. The van der Waals surface area contributed by atoms with Gasteiger partial charge < -0.3 is 14.5 Å². The fourth-order valence-corrected chi connectivity index (χ4v) is 3.07. The highest BCUT2D eigenvalue weighted by Gasteiger charge is 2.16. The first kappa shape index (κ1) is 17.8. The summed E-state index contributed by atoms with van der Waals surface area (Å²) in [5.41, 5.74) is 6.36. The second kappa shape index (κ2) is 7.49. The van der Waals surface area contributed by atoms with E-state index < -0.39 is 11.8 Å². The predicted octanol–water partition coefficient (Wildman–Crippen LogP) is 3.02.